The maximum atomic E-state index is 11.4. The van der Waals surface area contributed by atoms with Crippen molar-refractivity contribution in [1.82, 2.24) is 0 Å². The van der Waals surface area contributed by atoms with Crippen LogP contribution in [0.4, 0.5) is 0 Å². The van der Waals surface area contributed by atoms with Crippen LogP contribution in [0.2, 0.25) is 0 Å². The van der Waals surface area contributed by atoms with Crippen molar-refractivity contribution in [3.63, 3.8) is 0 Å². The van der Waals surface area contributed by atoms with Gasteiger partial charge in [0.1, 0.15) is 5.75 Å². The summed E-state index contributed by atoms with van der Waals surface area (Å²) < 4.78 is 10.2. The van der Waals surface area contributed by atoms with Crippen LogP contribution in [0.15, 0.2) is 48.5 Å². The average molecular weight is 296 g/mol. The summed E-state index contributed by atoms with van der Waals surface area (Å²) in [6.45, 7) is 3.96. The van der Waals surface area contributed by atoms with Crippen LogP contribution in [0.25, 0.3) is 16.7 Å². The van der Waals surface area contributed by atoms with Crippen molar-refractivity contribution in [2.24, 2.45) is 0 Å². The van der Waals surface area contributed by atoms with Crippen molar-refractivity contribution in [2.75, 3.05) is 14.2 Å². The predicted octanol–water partition coefficient (Wildman–Crippen LogP) is 4.25. The number of aryl methyl sites for hydroxylation is 1. The van der Waals surface area contributed by atoms with Crippen molar-refractivity contribution < 1.29 is 14.3 Å². The van der Waals surface area contributed by atoms with E-state index in [4.69, 9.17) is 4.74 Å². The molecule has 0 heterocycles. The van der Waals surface area contributed by atoms with Gasteiger partial charge in [-0.1, -0.05) is 30.3 Å². The molecule has 3 heteroatoms. The fourth-order valence-corrected chi connectivity index (χ4v) is 2.36. The van der Waals surface area contributed by atoms with E-state index >= 15 is 0 Å². The SMILES string of the molecule is COC(=O)/C=C(\C)c1ccc(OC)c(-c2ccccc2C)c1. The Hall–Kier alpha value is -2.55. The third-order valence-corrected chi connectivity index (χ3v) is 3.63. The first-order valence-corrected chi connectivity index (χ1v) is 7.07. The van der Waals surface area contributed by atoms with Gasteiger partial charge < -0.3 is 9.47 Å². The van der Waals surface area contributed by atoms with Crippen molar-refractivity contribution in [3.05, 3.63) is 59.7 Å². The van der Waals surface area contributed by atoms with E-state index in [1.165, 1.54) is 18.7 Å². The second-order valence-corrected chi connectivity index (χ2v) is 5.08. The molecule has 0 aliphatic heterocycles. The summed E-state index contributed by atoms with van der Waals surface area (Å²) in [5, 5.41) is 0. The molecule has 0 spiro atoms. The zero-order valence-corrected chi connectivity index (χ0v) is 13.3. The second-order valence-electron chi connectivity index (χ2n) is 5.08. The van der Waals surface area contributed by atoms with Crippen LogP contribution >= 0.6 is 0 Å². The number of carbonyl (C=O) groups excluding carboxylic acids is 1. The lowest BCUT2D eigenvalue weighted by Gasteiger charge is -2.13. The highest BCUT2D eigenvalue weighted by atomic mass is 16.5. The van der Waals surface area contributed by atoms with Crippen molar-refractivity contribution >= 4 is 11.5 Å². The summed E-state index contributed by atoms with van der Waals surface area (Å²) >= 11 is 0. The maximum absolute atomic E-state index is 11.4. The van der Waals surface area contributed by atoms with Crippen molar-refractivity contribution in [1.29, 1.82) is 0 Å². The molecule has 2 aromatic carbocycles. The number of benzene rings is 2. The Kier molecular flexibility index (Phi) is 4.99. The molecule has 0 aromatic heterocycles. The molecule has 0 unspecified atom stereocenters. The third kappa shape index (κ3) is 3.37. The summed E-state index contributed by atoms with van der Waals surface area (Å²) in [7, 11) is 3.03. The number of rotatable bonds is 4. The predicted molar refractivity (Wildman–Crippen MR) is 88.8 cm³/mol. The molecule has 114 valence electrons. The van der Waals surface area contributed by atoms with E-state index in [0.717, 1.165) is 28.0 Å². The Morgan fingerprint density at radius 1 is 1.05 bits per heavy atom. The number of methoxy groups -OCH3 is 2. The first-order chi connectivity index (χ1) is 10.6. The number of allylic oxidation sites excluding steroid dienone is 1. The van der Waals surface area contributed by atoms with Gasteiger partial charge in [0.15, 0.2) is 0 Å². The molecule has 0 aliphatic carbocycles. The van der Waals surface area contributed by atoms with Gasteiger partial charge in [-0.25, -0.2) is 4.79 Å². The summed E-state index contributed by atoms with van der Waals surface area (Å²) in [5.74, 6) is 0.453. The Morgan fingerprint density at radius 2 is 1.77 bits per heavy atom. The largest absolute Gasteiger partial charge is 0.496 e. The van der Waals surface area contributed by atoms with Crippen molar-refractivity contribution in [2.45, 2.75) is 13.8 Å². The van der Waals surface area contributed by atoms with E-state index in [0.29, 0.717) is 0 Å². The fourth-order valence-electron chi connectivity index (χ4n) is 2.36. The molecular weight excluding hydrogens is 276 g/mol. The van der Waals surface area contributed by atoms with Gasteiger partial charge in [-0.05, 0) is 48.2 Å². The monoisotopic (exact) mass is 296 g/mol. The van der Waals surface area contributed by atoms with E-state index in [2.05, 4.69) is 23.8 Å². The first-order valence-electron chi connectivity index (χ1n) is 7.07. The van der Waals surface area contributed by atoms with E-state index in [1.54, 1.807) is 7.11 Å². The first kappa shape index (κ1) is 15.8. The molecule has 2 rings (SSSR count). The molecule has 2 aromatic rings. The molecule has 0 bridgehead atoms. The van der Waals surface area contributed by atoms with E-state index in [-0.39, 0.29) is 5.97 Å². The lowest BCUT2D eigenvalue weighted by molar-refractivity contribution is -0.134. The van der Waals surface area contributed by atoms with E-state index in [1.807, 2.05) is 37.3 Å². The van der Waals surface area contributed by atoms with Gasteiger partial charge in [0.2, 0.25) is 0 Å². The van der Waals surface area contributed by atoms with Gasteiger partial charge in [-0.3, -0.25) is 0 Å². The van der Waals surface area contributed by atoms with E-state index < -0.39 is 0 Å². The molecule has 0 amide bonds. The van der Waals surface area contributed by atoms with Crippen LogP contribution in [0.5, 0.6) is 5.75 Å². The van der Waals surface area contributed by atoms with Crippen molar-refractivity contribution in [3.8, 4) is 16.9 Å². The Balaban J connectivity index is 2.54. The molecule has 0 saturated heterocycles. The minimum atomic E-state index is -0.356. The van der Waals surface area contributed by atoms with Crippen LogP contribution in [0, 0.1) is 6.92 Å². The average Bonchev–Trinajstić information content (AvgIpc) is 2.54. The molecule has 0 saturated carbocycles. The lowest BCUT2D eigenvalue weighted by Crippen LogP contribution is -1.96. The Morgan fingerprint density at radius 3 is 2.41 bits per heavy atom. The van der Waals surface area contributed by atoms with E-state index in [9.17, 15) is 4.79 Å². The Bertz CT molecular complexity index is 714. The summed E-state index contributed by atoms with van der Waals surface area (Å²) in [5.41, 5.74) is 5.11. The highest BCUT2D eigenvalue weighted by Gasteiger charge is 2.10. The summed E-state index contributed by atoms with van der Waals surface area (Å²) in [6, 6.07) is 14.1. The number of hydrogen-bond donors (Lipinski definition) is 0. The molecule has 22 heavy (non-hydrogen) atoms. The fraction of sp³-hybridized carbons (Fsp3) is 0.211. The van der Waals surface area contributed by atoms with Crippen LogP contribution < -0.4 is 4.74 Å². The highest BCUT2D eigenvalue weighted by molar-refractivity contribution is 5.91. The minimum absolute atomic E-state index is 0.356. The summed E-state index contributed by atoms with van der Waals surface area (Å²) in [6.07, 6.45) is 1.49. The Labute approximate surface area is 131 Å². The van der Waals surface area contributed by atoms with Crippen LogP contribution in [0.3, 0.4) is 0 Å². The molecule has 0 radical (unpaired) electrons. The van der Waals surface area contributed by atoms with Crippen LogP contribution in [0.1, 0.15) is 18.1 Å². The van der Waals surface area contributed by atoms with Crippen LogP contribution in [-0.2, 0) is 9.53 Å². The molecule has 0 aliphatic rings. The second kappa shape index (κ2) is 6.94. The molecule has 0 fully saturated rings. The van der Waals surface area contributed by atoms with Gasteiger partial charge in [0.05, 0.1) is 14.2 Å². The van der Waals surface area contributed by atoms with Crippen LogP contribution in [-0.4, -0.2) is 20.2 Å². The molecular formula is C19H20O3. The quantitative estimate of drug-likeness (QED) is 0.625. The maximum Gasteiger partial charge on any atom is 0.330 e. The number of hydrogen-bond acceptors (Lipinski definition) is 3. The zero-order chi connectivity index (χ0) is 16.1. The lowest BCUT2D eigenvalue weighted by atomic mass is 9.96. The number of ether oxygens (including phenoxy) is 2. The smallest absolute Gasteiger partial charge is 0.330 e. The van der Waals surface area contributed by atoms with Gasteiger partial charge in [0, 0.05) is 11.6 Å². The normalized spacial score (nSPS) is 11.2. The third-order valence-electron chi connectivity index (χ3n) is 3.63. The molecule has 3 nitrogen and oxygen atoms in total. The minimum Gasteiger partial charge on any atom is -0.496 e. The number of esters is 1. The van der Waals surface area contributed by atoms with Gasteiger partial charge >= 0.3 is 5.97 Å². The summed E-state index contributed by atoms with van der Waals surface area (Å²) in [4.78, 5) is 11.4. The molecule has 0 N–H and O–H groups in total. The van der Waals surface area contributed by atoms with Gasteiger partial charge in [-0.15, -0.1) is 0 Å². The standard InChI is InChI=1S/C19H20O3/c1-13-7-5-6-8-16(13)17-12-15(9-10-18(17)21-3)14(2)11-19(20)22-4/h5-12H,1-4H3/b14-11+. The number of carbonyl (C=O) groups is 1. The highest BCUT2D eigenvalue weighted by Crippen LogP contribution is 2.34. The molecule has 0 atom stereocenters. The zero-order valence-electron chi connectivity index (χ0n) is 13.3. The van der Waals surface area contributed by atoms with Gasteiger partial charge in [-0.2, -0.15) is 0 Å². The van der Waals surface area contributed by atoms with Gasteiger partial charge in [0.25, 0.3) is 0 Å². The topological polar surface area (TPSA) is 35.5 Å².